The Morgan fingerprint density at radius 3 is 2.15 bits per heavy atom. The lowest BCUT2D eigenvalue weighted by Gasteiger charge is -2.14. The Morgan fingerprint density at radius 2 is 1.55 bits per heavy atom. The molecule has 8 heteroatoms. The first kappa shape index (κ1) is 15.4. The van der Waals surface area contributed by atoms with Gasteiger partial charge in [-0.3, -0.25) is 4.98 Å². The van der Waals surface area contributed by atoms with Crippen molar-refractivity contribution >= 4 is 34.8 Å². The van der Waals surface area contributed by atoms with E-state index in [2.05, 4.69) is 4.98 Å². The molecule has 0 N–H and O–H groups in total. The van der Waals surface area contributed by atoms with Crippen LogP contribution in [0.25, 0.3) is 11.3 Å². The third-order valence-electron chi connectivity index (χ3n) is 2.45. The minimum absolute atomic E-state index is 0.00903. The van der Waals surface area contributed by atoms with E-state index in [-0.39, 0.29) is 20.6 Å². The van der Waals surface area contributed by atoms with Crippen LogP contribution in [0.4, 0.5) is 17.6 Å². The monoisotopic (exact) mass is 343 g/mol. The van der Waals surface area contributed by atoms with Crippen LogP contribution in [0.5, 0.6) is 0 Å². The third-order valence-corrected chi connectivity index (χ3v) is 3.48. The lowest BCUT2D eigenvalue weighted by atomic mass is 10.0. The van der Waals surface area contributed by atoms with Gasteiger partial charge in [0.05, 0.1) is 20.8 Å². The average molecular weight is 345 g/mol. The van der Waals surface area contributed by atoms with E-state index in [1.54, 1.807) is 0 Å². The summed E-state index contributed by atoms with van der Waals surface area (Å²) in [4.78, 5) is 3.56. The molecule has 0 radical (unpaired) electrons. The molecule has 0 saturated heterocycles. The van der Waals surface area contributed by atoms with Crippen molar-refractivity contribution in [3.05, 3.63) is 50.8 Å². The maximum atomic E-state index is 13.5. The minimum Gasteiger partial charge on any atom is -0.255 e. The predicted molar refractivity (Wildman–Crippen MR) is 69.7 cm³/mol. The molecule has 0 aliphatic carbocycles. The van der Waals surface area contributed by atoms with E-state index in [0.717, 1.165) is 12.3 Å². The number of hydrogen-bond acceptors (Lipinski definition) is 1. The lowest BCUT2D eigenvalue weighted by Crippen LogP contribution is -2.11. The maximum absolute atomic E-state index is 13.5. The SMILES string of the molecule is Fc1ccnc(-c2cc(Cl)c(Cl)cc2Cl)c1C(F)(F)F. The van der Waals surface area contributed by atoms with Gasteiger partial charge >= 0.3 is 6.18 Å². The molecule has 20 heavy (non-hydrogen) atoms. The quantitative estimate of drug-likeness (QED) is 0.466. The van der Waals surface area contributed by atoms with Gasteiger partial charge in [-0.1, -0.05) is 34.8 Å². The van der Waals surface area contributed by atoms with Crippen LogP contribution in [0.2, 0.25) is 15.1 Å². The number of halogens is 7. The molecule has 0 unspecified atom stereocenters. The molecule has 2 aromatic rings. The molecule has 106 valence electrons. The van der Waals surface area contributed by atoms with Crippen LogP contribution in [0.3, 0.4) is 0 Å². The summed E-state index contributed by atoms with van der Waals surface area (Å²) in [6.07, 6.45) is -4.00. The van der Waals surface area contributed by atoms with Gasteiger partial charge in [0.2, 0.25) is 0 Å². The number of nitrogens with zero attached hydrogens (tertiary/aromatic N) is 1. The highest BCUT2D eigenvalue weighted by Gasteiger charge is 2.38. The van der Waals surface area contributed by atoms with Crippen LogP contribution in [0.1, 0.15) is 5.56 Å². The molecule has 1 aromatic carbocycles. The second kappa shape index (κ2) is 5.39. The Hall–Kier alpha value is -1.04. The summed E-state index contributed by atoms with van der Waals surface area (Å²) in [6, 6.07) is 2.91. The van der Waals surface area contributed by atoms with Gasteiger partial charge in [-0.2, -0.15) is 13.2 Å². The van der Waals surface area contributed by atoms with E-state index in [9.17, 15) is 17.6 Å². The van der Waals surface area contributed by atoms with E-state index in [1.807, 2.05) is 0 Å². The van der Waals surface area contributed by atoms with Gasteiger partial charge in [-0.15, -0.1) is 0 Å². The zero-order valence-electron chi connectivity index (χ0n) is 9.40. The first-order chi connectivity index (χ1) is 9.21. The molecule has 1 nitrogen and oxygen atoms in total. The first-order valence-corrected chi connectivity index (χ1v) is 6.22. The van der Waals surface area contributed by atoms with Gasteiger partial charge in [-0.25, -0.2) is 4.39 Å². The zero-order chi connectivity index (χ0) is 15.1. The molecule has 0 saturated carbocycles. The smallest absolute Gasteiger partial charge is 0.255 e. The summed E-state index contributed by atoms with van der Waals surface area (Å²) in [5.74, 6) is -1.44. The number of aromatic nitrogens is 1. The highest BCUT2D eigenvalue weighted by Crippen LogP contribution is 2.41. The lowest BCUT2D eigenvalue weighted by molar-refractivity contribution is -0.139. The van der Waals surface area contributed by atoms with Crippen molar-refractivity contribution in [1.82, 2.24) is 4.98 Å². The normalized spacial score (nSPS) is 11.8. The fraction of sp³-hybridized carbons (Fsp3) is 0.0833. The predicted octanol–water partition coefficient (Wildman–Crippen LogP) is 5.87. The molecular weight excluding hydrogens is 340 g/mol. The van der Waals surface area contributed by atoms with E-state index in [4.69, 9.17) is 34.8 Å². The van der Waals surface area contributed by atoms with Crippen molar-refractivity contribution in [2.24, 2.45) is 0 Å². The standard InChI is InChI=1S/C12H4Cl3F4N/c13-6-4-8(15)7(14)3-5(6)11-10(12(17,18)19)9(16)1-2-20-11/h1-4H. The van der Waals surface area contributed by atoms with Crippen LogP contribution in [0.15, 0.2) is 24.4 Å². The maximum Gasteiger partial charge on any atom is 0.421 e. The number of benzene rings is 1. The number of hydrogen-bond donors (Lipinski definition) is 0. The summed E-state index contributed by atoms with van der Waals surface area (Å²) in [5, 5.41) is -0.0429. The van der Waals surface area contributed by atoms with Crippen LogP contribution in [-0.2, 0) is 6.18 Å². The average Bonchev–Trinajstić information content (AvgIpc) is 2.32. The molecule has 2 rings (SSSR count). The topological polar surface area (TPSA) is 12.9 Å². The molecule has 1 aromatic heterocycles. The molecule has 1 heterocycles. The van der Waals surface area contributed by atoms with Gasteiger partial charge in [0.1, 0.15) is 11.4 Å². The molecular formula is C12H4Cl3F4N. The molecule has 0 aliphatic heterocycles. The molecule has 0 fully saturated rings. The Morgan fingerprint density at radius 1 is 0.950 bits per heavy atom. The summed E-state index contributed by atoms with van der Waals surface area (Å²) >= 11 is 17.3. The van der Waals surface area contributed by atoms with E-state index in [1.165, 1.54) is 6.07 Å². The van der Waals surface area contributed by atoms with Gasteiger partial charge in [0, 0.05) is 11.8 Å². The van der Waals surface area contributed by atoms with Crippen molar-refractivity contribution in [1.29, 1.82) is 0 Å². The summed E-state index contributed by atoms with van der Waals surface area (Å²) in [7, 11) is 0. The Balaban J connectivity index is 2.77. The van der Waals surface area contributed by atoms with E-state index >= 15 is 0 Å². The van der Waals surface area contributed by atoms with Crippen molar-refractivity contribution in [3.63, 3.8) is 0 Å². The van der Waals surface area contributed by atoms with Crippen LogP contribution < -0.4 is 0 Å². The molecule has 0 bridgehead atoms. The fourth-order valence-corrected chi connectivity index (χ4v) is 2.25. The van der Waals surface area contributed by atoms with Crippen molar-refractivity contribution < 1.29 is 17.6 Å². The van der Waals surface area contributed by atoms with Gasteiger partial charge in [-0.05, 0) is 18.2 Å². The van der Waals surface area contributed by atoms with Gasteiger partial charge in [0.25, 0.3) is 0 Å². The van der Waals surface area contributed by atoms with E-state index in [0.29, 0.717) is 6.07 Å². The second-order valence-corrected chi connectivity index (χ2v) is 4.98. The zero-order valence-corrected chi connectivity index (χ0v) is 11.7. The first-order valence-electron chi connectivity index (χ1n) is 5.08. The van der Waals surface area contributed by atoms with Crippen molar-refractivity contribution in [3.8, 4) is 11.3 Å². The van der Waals surface area contributed by atoms with Crippen LogP contribution in [-0.4, -0.2) is 4.98 Å². The second-order valence-electron chi connectivity index (χ2n) is 3.76. The van der Waals surface area contributed by atoms with E-state index < -0.39 is 23.3 Å². The number of alkyl halides is 3. The molecule has 0 amide bonds. The molecule has 0 spiro atoms. The molecule has 0 aliphatic rings. The Labute approximate surface area is 126 Å². The minimum atomic E-state index is -4.91. The Bertz CT molecular complexity index is 670. The fourth-order valence-electron chi connectivity index (χ4n) is 1.62. The largest absolute Gasteiger partial charge is 0.421 e. The van der Waals surface area contributed by atoms with Crippen molar-refractivity contribution in [2.45, 2.75) is 6.18 Å². The van der Waals surface area contributed by atoms with Gasteiger partial charge < -0.3 is 0 Å². The number of pyridine rings is 1. The van der Waals surface area contributed by atoms with Gasteiger partial charge in [0.15, 0.2) is 0 Å². The van der Waals surface area contributed by atoms with Crippen LogP contribution >= 0.6 is 34.8 Å². The summed E-state index contributed by atoms with van der Waals surface area (Å²) < 4.78 is 52.3. The highest BCUT2D eigenvalue weighted by atomic mass is 35.5. The van der Waals surface area contributed by atoms with Crippen LogP contribution in [0, 0.1) is 5.82 Å². The highest BCUT2D eigenvalue weighted by molar-refractivity contribution is 6.44. The van der Waals surface area contributed by atoms with Crippen molar-refractivity contribution in [2.75, 3.05) is 0 Å². The third kappa shape index (κ3) is 2.85. The number of rotatable bonds is 1. The molecule has 0 atom stereocenters. The Kier molecular flexibility index (Phi) is 4.14. The summed E-state index contributed by atoms with van der Waals surface area (Å²) in [5.41, 5.74) is -2.28. The summed E-state index contributed by atoms with van der Waals surface area (Å²) in [6.45, 7) is 0.